The molecule has 0 aromatic heterocycles. The van der Waals surface area contributed by atoms with Crippen LogP contribution >= 0.6 is 11.6 Å². The number of nitrogens with one attached hydrogen (secondary N) is 1. The minimum absolute atomic E-state index is 0.348. The summed E-state index contributed by atoms with van der Waals surface area (Å²) in [7, 11) is 0. The predicted octanol–water partition coefficient (Wildman–Crippen LogP) is 3.47. The highest BCUT2D eigenvalue weighted by molar-refractivity contribution is 6.33. The fourth-order valence-corrected chi connectivity index (χ4v) is 3.79. The van der Waals surface area contributed by atoms with Crippen LogP contribution in [0, 0.1) is 5.92 Å². The Morgan fingerprint density at radius 2 is 1.95 bits per heavy atom. The number of phenols is 1. The number of aromatic hydroxyl groups is 1. The van der Waals surface area contributed by atoms with Gasteiger partial charge in [-0.3, -0.25) is 0 Å². The third kappa shape index (κ3) is 2.75. The van der Waals surface area contributed by atoms with Crippen molar-refractivity contribution in [2.45, 2.75) is 44.9 Å². The molecule has 0 spiro atoms. The maximum atomic E-state index is 10.3. The smallest absolute Gasteiger partial charge is 0.137 e. The van der Waals surface area contributed by atoms with Gasteiger partial charge in [-0.2, -0.15) is 0 Å². The fourth-order valence-electron chi connectivity index (χ4n) is 3.45. The van der Waals surface area contributed by atoms with Gasteiger partial charge in [0.2, 0.25) is 0 Å². The Hall–Kier alpha value is -0.730. The van der Waals surface area contributed by atoms with E-state index < -0.39 is 0 Å². The number of rotatable bonds is 2. The van der Waals surface area contributed by atoms with Crippen LogP contribution in [0.3, 0.4) is 0 Å². The molecule has 0 atom stereocenters. The molecule has 1 aromatic rings. The van der Waals surface area contributed by atoms with Gasteiger partial charge in [0.1, 0.15) is 5.75 Å². The summed E-state index contributed by atoms with van der Waals surface area (Å²) < 4.78 is 0. The molecule has 1 saturated heterocycles. The first kappa shape index (κ1) is 13.3. The van der Waals surface area contributed by atoms with Crippen LogP contribution in [0.4, 0.5) is 0 Å². The number of fused-ring (bicyclic) bond motifs is 1. The topological polar surface area (TPSA) is 32.3 Å². The zero-order chi connectivity index (χ0) is 13.2. The number of piperidine rings is 1. The Bertz CT molecular complexity index is 466. The summed E-state index contributed by atoms with van der Waals surface area (Å²) in [5.74, 6) is 1.03. The Balaban J connectivity index is 1.86. The molecule has 2 aliphatic rings. The van der Waals surface area contributed by atoms with Gasteiger partial charge in [-0.25, -0.2) is 0 Å². The van der Waals surface area contributed by atoms with Crippen molar-refractivity contribution in [3.63, 3.8) is 0 Å². The average Bonchev–Trinajstić information content (AvgIpc) is 2.46. The second-order valence-corrected chi connectivity index (χ2v) is 6.32. The molecule has 2 nitrogen and oxygen atoms in total. The molecule has 0 radical (unpaired) electrons. The average molecular weight is 280 g/mol. The van der Waals surface area contributed by atoms with Crippen LogP contribution in [0.15, 0.2) is 6.07 Å². The van der Waals surface area contributed by atoms with E-state index in [9.17, 15) is 5.11 Å². The lowest BCUT2D eigenvalue weighted by Gasteiger charge is -2.25. The molecule has 0 saturated carbocycles. The van der Waals surface area contributed by atoms with Crippen molar-refractivity contribution in [2.24, 2.45) is 5.92 Å². The highest BCUT2D eigenvalue weighted by Gasteiger charge is 2.21. The van der Waals surface area contributed by atoms with Crippen LogP contribution < -0.4 is 5.32 Å². The summed E-state index contributed by atoms with van der Waals surface area (Å²) in [4.78, 5) is 0. The minimum atomic E-state index is 0.348. The van der Waals surface area contributed by atoms with Gasteiger partial charge in [0.15, 0.2) is 0 Å². The molecule has 0 amide bonds. The van der Waals surface area contributed by atoms with Crippen LogP contribution in [0.5, 0.6) is 5.75 Å². The zero-order valence-electron chi connectivity index (χ0n) is 11.3. The molecule has 1 fully saturated rings. The van der Waals surface area contributed by atoms with E-state index in [1.54, 1.807) is 0 Å². The lowest BCUT2D eigenvalue weighted by atomic mass is 9.85. The predicted molar refractivity (Wildman–Crippen MR) is 79.1 cm³/mol. The highest BCUT2D eigenvalue weighted by atomic mass is 35.5. The molecule has 2 N–H and O–H groups in total. The van der Waals surface area contributed by atoms with Crippen molar-refractivity contribution >= 4 is 11.6 Å². The van der Waals surface area contributed by atoms with Gasteiger partial charge in [0.25, 0.3) is 0 Å². The molecular weight excluding hydrogens is 258 g/mol. The highest BCUT2D eigenvalue weighted by Crippen LogP contribution is 2.38. The van der Waals surface area contributed by atoms with Gasteiger partial charge < -0.3 is 10.4 Å². The van der Waals surface area contributed by atoms with Crippen molar-refractivity contribution < 1.29 is 5.11 Å². The monoisotopic (exact) mass is 279 g/mol. The summed E-state index contributed by atoms with van der Waals surface area (Å²) in [5, 5.41) is 14.4. The number of halogens is 1. The fraction of sp³-hybridized carbons (Fsp3) is 0.625. The summed E-state index contributed by atoms with van der Waals surface area (Å²) in [6, 6.07) is 2.22. The van der Waals surface area contributed by atoms with E-state index in [1.165, 1.54) is 36.8 Å². The van der Waals surface area contributed by atoms with Gasteiger partial charge >= 0.3 is 0 Å². The second kappa shape index (κ2) is 5.72. The van der Waals surface area contributed by atoms with E-state index in [0.29, 0.717) is 16.7 Å². The van der Waals surface area contributed by atoms with Crippen LogP contribution in [0.2, 0.25) is 5.02 Å². The van der Waals surface area contributed by atoms with Crippen LogP contribution in [0.1, 0.15) is 42.4 Å². The largest absolute Gasteiger partial charge is 0.506 e. The molecule has 3 heteroatoms. The van der Waals surface area contributed by atoms with Crippen molar-refractivity contribution in [3.05, 3.63) is 27.8 Å². The number of hydrogen-bond acceptors (Lipinski definition) is 2. The van der Waals surface area contributed by atoms with Crippen molar-refractivity contribution in [3.8, 4) is 5.75 Å². The molecule has 1 aliphatic carbocycles. The van der Waals surface area contributed by atoms with Gasteiger partial charge in [-0.05, 0) is 80.6 Å². The summed E-state index contributed by atoms with van der Waals surface area (Å²) >= 11 is 6.37. The lowest BCUT2D eigenvalue weighted by Crippen LogP contribution is -2.28. The van der Waals surface area contributed by atoms with E-state index in [2.05, 4.69) is 11.4 Å². The zero-order valence-corrected chi connectivity index (χ0v) is 12.1. The third-order valence-corrected chi connectivity index (χ3v) is 5.01. The van der Waals surface area contributed by atoms with Gasteiger partial charge in [-0.15, -0.1) is 0 Å². The first-order valence-corrected chi connectivity index (χ1v) is 7.86. The molecule has 1 heterocycles. The number of phenolic OH excluding ortho intramolecular Hbond substituents is 1. The number of hydrogen-bond donors (Lipinski definition) is 2. The molecular formula is C16H22ClNO. The number of benzene rings is 1. The molecule has 19 heavy (non-hydrogen) atoms. The summed E-state index contributed by atoms with van der Waals surface area (Å²) in [6.07, 6.45) is 7.97. The van der Waals surface area contributed by atoms with Gasteiger partial charge in [0.05, 0.1) is 5.02 Å². The van der Waals surface area contributed by atoms with Crippen molar-refractivity contribution in [1.82, 2.24) is 5.32 Å². The summed E-state index contributed by atoms with van der Waals surface area (Å²) in [6.45, 7) is 2.20. The minimum Gasteiger partial charge on any atom is -0.506 e. The molecule has 1 aliphatic heterocycles. The van der Waals surface area contributed by atoms with Gasteiger partial charge in [0, 0.05) is 0 Å². The van der Waals surface area contributed by atoms with E-state index in [0.717, 1.165) is 37.9 Å². The van der Waals surface area contributed by atoms with E-state index in [1.807, 2.05) is 0 Å². The molecule has 3 rings (SSSR count). The van der Waals surface area contributed by atoms with Crippen molar-refractivity contribution in [2.75, 3.05) is 13.1 Å². The van der Waals surface area contributed by atoms with E-state index in [-0.39, 0.29) is 0 Å². The summed E-state index contributed by atoms with van der Waals surface area (Å²) in [5.41, 5.74) is 3.63. The van der Waals surface area contributed by atoms with E-state index >= 15 is 0 Å². The first-order chi connectivity index (χ1) is 9.25. The second-order valence-electron chi connectivity index (χ2n) is 5.94. The maximum Gasteiger partial charge on any atom is 0.137 e. The van der Waals surface area contributed by atoms with Crippen LogP contribution in [-0.4, -0.2) is 18.2 Å². The van der Waals surface area contributed by atoms with Crippen molar-refractivity contribution in [1.29, 1.82) is 0 Å². The first-order valence-electron chi connectivity index (χ1n) is 7.48. The SMILES string of the molecule is Oc1c(CC2CCNCC2)cc2c(c1Cl)CCCC2. The van der Waals surface area contributed by atoms with Crippen LogP contribution in [-0.2, 0) is 19.3 Å². The van der Waals surface area contributed by atoms with Gasteiger partial charge in [-0.1, -0.05) is 17.7 Å². The maximum absolute atomic E-state index is 10.3. The Morgan fingerprint density at radius 1 is 1.21 bits per heavy atom. The van der Waals surface area contributed by atoms with Crippen LogP contribution in [0.25, 0.3) is 0 Å². The standard InChI is InChI=1S/C16H22ClNO/c17-15-14-4-2-1-3-12(14)10-13(16(15)19)9-11-5-7-18-8-6-11/h10-11,18-19H,1-9H2. The molecule has 0 bridgehead atoms. The Kier molecular flexibility index (Phi) is 3.99. The normalized spacial score (nSPS) is 20.3. The lowest BCUT2D eigenvalue weighted by molar-refractivity contribution is 0.366. The number of aryl methyl sites for hydroxylation is 1. The molecule has 1 aromatic carbocycles. The molecule has 0 unspecified atom stereocenters. The third-order valence-electron chi connectivity index (χ3n) is 4.60. The van der Waals surface area contributed by atoms with E-state index in [4.69, 9.17) is 11.6 Å². The molecule has 104 valence electrons. The quantitative estimate of drug-likeness (QED) is 0.869. The Labute approximate surface area is 120 Å². The Morgan fingerprint density at radius 3 is 2.74 bits per heavy atom.